The molecule has 1 unspecified atom stereocenters. The second kappa shape index (κ2) is 7.25. The third kappa shape index (κ3) is 3.76. The molecule has 118 valence electrons. The van der Waals surface area contributed by atoms with Crippen molar-refractivity contribution < 1.29 is 14.2 Å². The number of rotatable bonds is 8. The van der Waals surface area contributed by atoms with E-state index in [-0.39, 0.29) is 11.6 Å². The predicted molar refractivity (Wildman–Crippen MR) is 83.7 cm³/mol. The number of hydrogen-bond acceptors (Lipinski definition) is 4. The van der Waals surface area contributed by atoms with Gasteiger partial charge in [0.25, 0.3) is 0 Å². The molecular formula is C17H27NO3. The van der Waals surface area contributed by atoms with Crippen molar-refractivity contribution >= 4 is 0 Å². The van der Waals surface area contributed by atoms with E-state index in [0.29, 0.717) is 6.61 Å². The van der Waals surface area contributed by atoms with E-state index >= 15 is 0 Å². The minimum Gasteiger partial charge on any atom is -0.496 e. The lowest BCUT2D eigenvalue weighted by molar-refractivity contribution is -0.0706. The van der Waals surface area contributed by atoms with Gasteiger partial charge in [-0.1, -0.05) is 6.07 Å². The van der Waals surface area contributed by atoms with E-state index in [4.69, 9.17) is 14.2 Å². The topological polar surface area (TPSA) is 39.7 Å². The minimum absolute atomic E-state index is 0.0517. The number of methoxy groups -OCH3 is 3. The van der Waals surface area contributed by atoms with Crippen molar-refractivity contribution in [1.82, 2.24) is 5.32 Å². The third-order valence-electron chi connectivity index (χ3n) is 4.53. The van der Waals surface area contributed by atoms with Crippen molar-refractivity contribution in [2.45, 2.75) is 44.4 Å². The summed E-state index contributed by atoms with van der Waals surface area (Å²) in [6.07, 6.45) is 3.58. The predicted octanol–water partition coefficient (Wildman–Crippen LogP) is 3.06. The highest BCUT2D eigenvalue weighted by Crippen LogP contribution is 2.35. The van der Waals surface area contributed by atoms with Crippen LogP contribution in [0.3, 0.4) is 0 Å². The van der Waals surface area contributed by atoms with Crippen molar-refractivity contribution in [2.75, 3.05) is 27.9 Å². The molecule has 0 amide bonds. The molecule has 0 heterocycles. The fraction of sp³-hybridized carbons (Fsp3) is 0.647. The van der Waals surface area contributed by atoms with Crippen LogP contribution in [0.15, 0.2) is 18.2 Å². The molecule has 0 aliphatic heterocycles. The molecule has 0 radical (unpaired) electrons. The van der Waals surface area contributed by atoms with Crippen LogP contribution in [-0.4, -0.2) is 33.5 Å². The van der Waals surface area contributed by atoms with Gasteiger partial charge in [0.1, 0.15) is 5.75 Å². The van der Waals surface area contributed by atoms with Crippen molar-refractivity contribution in [3.63, 3.8) is 0 Å². The molecule has 0 aromatic heterocycles. The zero-order valence-electron chi connectivity index (χ0n) is 13.6. The molecule has 0 spiro atoms. The first-order valence-electron chi connectivity index (χ1n) is 7.58. The molecule has 0 bridgehead atoms. The normalized spacial score (nSPS) is 18.1. The molecule has 1 N–H and O–H groups in total. The summed E-state index contributed by atoms with van der Waals surface area (Å²) in [4.78, 5) is 0. The summed E-state index contributed by atoms with van der Waals surface area (Å²) in [5.41, 5.74) is 2.38. The Morgan fingerprint density at radius 2 is 2.00 bits per heavy atom. The van der Waals surface area contributed by atoms with E-state index in [0.717, 1.165) is 30.7 Å². The van der Waals surface area contributed by atoms with E-state index in [2.05, 4.69) is 24.4 Å². The monoisotopic (exact) mass is 293 g/mol. The zero-order chi connectivity index (χ0) is 15.3. The second-order valence-corrected chi connectivity index (χ2v) is 5.85. The summed E-state index contributed by atoms with van der Waals surface area (Å²) in [5, 5.41) is 3.59. The van der Waals surface area contributed by atoms with Gasteiger partial charge in [-0.25, -0.2) is 0 Å². The van der Waals surface area contributed by atoms with Crippen LogP contribution in [0.5, 0.6) is 5.75 Å². The fourth-order valence-corrected chi connectivity index (χ4v) is 2.82. The Morgan fingerprint density at radius 1 is 1.24 bits per heavy atom. The van der Waals surface area contributed by atoms with Crippen molar-refractivity contribution in [1.29, 1.82) is 0 Å². The summed E-state index contributed by atoms with van der Waals surface area (Å²) in [6.45, 7) is 3.64. The van der Waals surface area contributed by atoms with Crippen LogP contribution in [-0.2, 0) is 16.1 Å². The van der Waals surface area contributed by atoms with Gasteiger partial charge in [0.05, 0.1) is 19.3 Å². The Balaban J connectivity index is 2.01. The smallest absolute Gasteiger partial charge is 0.124 e. The van der Waals surface area contributed by atoms with Gasteiger partial charge in [0, 0.05) is 32.4 Å². The number of ether oxygens (including phenoxy) is 3. The Labute approximate surface area is 127 Å². The van der Waals surface area contributed by atoms with Crippen LogP contribution in [0.25, 0.3) is 0 Å². The van der Waals surface area contributed by atoms with E-state index in [1.165, 1.54) is 12.0 Å². The summed E-state index contributed by atoms with van der Waals surface area (Å²) in [7, 11) is 5.21. The Hall–Kier alpha value is -1.10. The van der Waals surface area contributed by atoms with Gasteiger partial charge in [0.15, 0.2) is 0 Å². The standard InChI is InChI=1S/C17H27NO3/c1-13(18-12-17(21-4)8-5-9-17)14-6-7-16(20-3)15(10-14)11-19-2/h6-7,10,13,18H,5,8-9,11-12H2,1-4H3. The van der Waals surface area contributed by atoms with Crippen LogP contribution < -0.4 is 10.1 Å². The molecule has 2 rings (SSSR count). The van der Waals surface area contributed by atoms with Crippen LogP contribution in [0.1, 0.15) is 43.4 Å². The Morgan fingerprint density at radius 3 is 2.52 bits per heavy atom. The molecule has 1 fully saturated rings. The molecule has 4 heteroatoms. The molecule has 21 heavy (non-hydrogen) atoms. The number of benzene rings is 1. The molecule has 1 saturated carbocycles. The van der Waals surface area contributed by atoms with Gasteiger partial charge in [-0.05, 0) is 43.9 Å². The molecule has 4 nitrogen and oxygen atoms in total. The summed E-state index contributed by atoms with van der Waals surface area (Å²) < 4.78 is 16.3. The quantitative estimate of drug-likeness (QED) is 0.799. The van der Waals surface area contributed by atoms with Crippen LogP contribution in [0, 0.1) is 0 Å². The summed E-state index contributed by atoms with van der Waals surface area (Å²) in [5.74, 6) is 0.875. The fourth-order valence-electron chi connectivity index (χ4n) is 2.82. The van der Waals surface area contributed by atoms with E-state index in [1.54, 1.807) is 14.2 Å². The first-order chi connectivity index (χ1) is 10.1. The molecular weight excluding hydrogens is 266 g/mol. The van der Waals surface area contributed by atoms with Crippen LogP contribution in [0.2, 0.25) is 0 Å². The van der Waals surface area contributed by atoms with Crippen molar-refractivity contribution in [3.05, 3.63) is 29.3 Å². The first kappa shape index (κ1) is 16.3. The summed E-state index contributed by atoms with van der Waals surface area (Å²) >= 11 is 0. The highest BCUT2D eigenvalue weighted by atomic mass is 16.5. The SMILES string of the molecule is COCc1cc(C(C)NCC2(OC)CCC2)ccc1OC. The van der Waals surface area contributed by atoms with Gasteiger partial charge < -0.3 is 19.5 Å². The minimum atomic E-state index is 0.0517. The van der Waals surface area contributed by atoms with Crippen LogP contribution in [0.4, 0.5) is 0 Å². The maximum absolute atomic E-state index is 5.66. The average molecular weight is 293 g/mol. The Bertz CT molecular complexity index is 452. The largest absolute Gasteiger partial charge is 0.496 e. The van der Waals surface area contributed by atoms with Gasteiger partial charge in [0.2, 0.25) is 0 Å². The number of nitrogens with one attached hydrogen (secondary N) is 1. The molecule has 1 aromatic rings. The zero-order valence-corrected chi connectivity index (χ0v) is 13.6. The van der Waals surface area contributed by atoms with E-state index in [9.17, 15) is 0 Å². The van der Waals surface area contributed by atoms with Crippen molar-refractivity contribution in [2.24, 2.45) is 0 Å². The molecule has 0 saturated heterocycles. The third-order valence-corrected chi connectivity index (χ3v) is 4.53. The maximum Gasteiger partial charge on any atom is 0.124 e. The summed E-state index contributed by atoms with van der Waals surface area (Å²) in [6, 6.07) is 6.55. The first-order valence-corrected chi connectivity index (χ1v) is 7.58. The molecule has 1 aliphatic carbocycles. The number of hydrogen-bond donors (Lipinski definition) is 1. The molecule has 1 aromatic carbocycles. The van der Waals surface area contributed by atoms with Gasteiger partial charge in [-0.2, -0.15) is 0 Å². The molecule has 1 aliphatic rings. The second-order valence-electron chi connectivity index (χ2n) is 5.85. The Kier molecular flexibility index (Phi) is 5.62. The van der Waals surface area contributed by atoms with Gasteiger partial charge in [-0.3, -0.25) is 0 Å². The highest BCUT2D eigenvalue weighted by Gasteiger charge is 2.36. The van der Waals surface area contributed by atoms with Gasteiger partial charge in [-0.15, -0.1) is 0 Å². The lowest BCUT2D eigenvalue weighted by Gasteiger charge is -2.41. The lowest BCUT2D eigenvalue weighted by atomic mass is 9.80. The maximum atomic E-state index is 5.66. The van der Waals surface area contributed by atoms with E-state index in [1.807, 2.05) is 13.2 Å². The van der Waals surface area contributed by atoms with Gasteiger partial charge >= 0.3 is 0 Å². The van der Waals surface area contributed by atoms with Crippen LogP contribution >= 0.6 is 0 Å². The average Bonchev–Trinajstić information content (AvgIpc) is 2.46. The van der Waals surface area contributed by atoms with E-state index < -0.39 is 0 Å². The van der Waals surface area contributed by atoms with Crippen molar-refractivity contribution in [3.8, 4) is 5.75 Å². The lowest BCUT2D eigenvalue weighted by Crippen LogP contribution is -2.48. The highest BCUT2D eigenvalue weighted by molar-refractivity contribution is 5.38. The molecule has 1 atom stereocenters.